The Labute approximate surface area is 115 Å². The maximum absolute atomic E-state index is 12.1. The minimum absolute atomic E-state index is 0.0316. The van der Waals surface area contributed by atoms with Crippen molar-refractivity contribution in [1.82, 2.24) is 4.90 Å². The molecule has 0 aliphatic carbocycles. The van der Waals surface area contributed by atoms with Crippen LogP contribution in [0.3, 0.4) is 0 Å². The molecule has 0 fully saturated rings. The van der Waals surface area contributed by atoms with Gasteiger partial charge in [-0.1, -0.05) is 19.8 Å². The minimum atomic E-state index is 0.0316. The zero-order chi connectivity index (χ0) is 14.3. The Morgan fingerprint density at radius 1 is 1.37 bits per heavy atom. The highest BCUT2D eigenvalue weighted by Crippen LogP contribution is 2.13. The van der Waals surface area contributed by atoms with E-state index in [2.05, 4.69) is 19.8 Å². The van der Waals surface area contributed by atoms with Crippen LogP contribution in [0.2, 0.25) is 0 Å². The van der Waals surface area contributed by atoms with Crippen LogP contribution in [0.5, 0.6) is 5.75 Å². The van der Waals surface area contributed by atoms with Crippen molar-refractivity contribution >= 4 is 5.91 Å². The fraction of sp³-hybridized carbons (Fsp3) is 0.438. The molecule has 0 aliphatic rings. The number of terminal acetylenes is 1. The van der Waals surface area contributed by atoms with Crippen LogP contribution in [0.15, 0.2) is 24.3 Å². The van der Waals surface area contributed by atoms with Crippen LogP contribution in [0.4, 0.5) is 0 Å². The van der Waals surface area contributed by atoms with Gasteiger partial charge >= 0.3 is 0 Å². The van der Waals surface area contributed by atoms with Crippen molar-refractivity contribution in [2.75, 3.05) is 20.2 Å². The van der Waals surface area contributed by atoms with E-state index in [0.29, 0.717) is 17.2 Å². The van der Waals surface area contributed by atoms with Gasteiger partial charge < -0.3 is 9.64 Å². The van der Waals surface area contributed by atoms with Gasteiger partial charge in [0.1, 0.15) is 12.4 Å². The Morgan fingerprint density at radius 2 is 2.00 bits per heavy atom. The van der Waals surface area contributed by atoms with Crippen molar-refractivity contribution in [3.63, 3.8) is 0 Å². The van der Waals surface area contributed by atoms with E-state index in [9.17, 15) is 4.79 Å². The lowest BCUT2D eigenvalue weighted by Crippen LogP contribution is -2.28. The lowest BCUT2D eigenvalue weighted by Gasteiger charge is -2.18. The molecule has 0 aliphatic heterocycles. The summed E-state index contributed by atoms with van der Waals surface area (Å²) in [5, 5.41) is 0. The molecule has 1 aromatic rings. The Kier molecular flexibility index (Phi) is 5.95. The van der Waals surface area contributed by atoms with Crippen molar-refractivity contribution in [1.29, 1.82) is 0 Å². The predicted octanol–water partition coefficient (Wildman–Crippen LogP) is 2.82. The average Bonchev–Trinajstić information content (AvgIpc) is 2.42. The summed E-state index contributed by atoms with van der Waals surface area (Å²) in [6, 6.07) is 7.06. The fourth-order valence-corrected chi connectivity index (χ4v) is 1.59. The van der Waals surface area contributed by atoms with Crippen LogP contribution in [0.1, 0.15) is 30.6 Å². The Balaban J connectivity index is 2.59. The van der Waals surface area contributed by atoms with Crippen molar-refractivity contribution in [3.8, 4) is 18.1 Å². The summed E-state index contributed by atoms with van der Waals surface area (Å²) in [4.78, 5) is 13.9. The van der Waals surface area contributed by atoms with Gasteiger partial charge in [-0.3, -0.25) is 4.79 Å². The van der Waals surface area contributed by atoms with Crippen LogP contribution in [-0.4, -0.2) is 31.0 Å². The van der Waals surface area contributed by atoms with E-state index in [1.165, 1.54) is 0 Å². The van der Waals surface area contributed by atoms with E-state index < -0.39 is 0 Å². The molecule has 0 unspecified atom stereocenters. The standard InChI is InChI=1S/C16H21NO2/c1-5-12-19-15-8-6-14(7-9-15)16(18)17(4)11-10-13(2)3/h1,6-9,13H,10-12H2,2-4H3. The highest BCUT2D eigenvalue weighted by Gasteiger charge is 2.11. The van der Waals surface area contributed by atoms with Crippen LogP contribution in [0.25, 0.3) is 0 Å². The summed E-state index contributed by atoms with van der Waals surface area (Å²) < 4.78 is 5.27. The first-order chi connectivity index (χ1) is 9.04. The lowest BCUT2D eigenvalue weighted by atomic mass is 10.1. The predicted molar refractivity (Wildman–Crippen MR) is 77.2 cm³/mol. The molecule has 3 heteroatoms. The number of hydrogen-bond acceptors (Lipinski definition) is 2. The first-order valence-corrected chi connectivity index (χ1v) is 6.46. The van der Waals surface area contributed by atoms with Crippen molar-refractivity contribution < 1.29 is 9.53 Å². The molecule has 0 radical (unpaired) electrons. The van der Waals surface area contributed by atoms with Gasteiger partial charge in [-0.15, -0.1) is 6.42 Å². The molecule has 0 N–H and O–H groups in total. The average molecular weight is 259 g/mol. The van der Waals surface area contributed by atoms with E-state index in [-0.39, 0.29) is 12.5 Å². The molecule has 1 amide bonds. The third kappa shape index (κ3) is 5.05. The third-order valence-electron chi connectivity index (χ3n) is 2.81. The molecule has 1 aromatic carbocycles. The van der Waals surface area contributed by atoms with Crippen LogP contribution < -0.4 is 4.74 Å². The number of nitrogens with zero attached hydrogens (tertiary/aromatic N) is 1. The topological polar surface area (TPSA) is 29.5 Å². The lowest BCUT2D eigenvalue weighted by molar-refractivity contribution is 0.0789. The second-order valence-corrected chi connectivity index (χ2v) is 4.93. The molecular formula is C16H21NO2. The van der Waals surface area contributed by atoms with Gasteiger partial charge in [0.15, 0.2) is 0 Å². The number of ether oxygens (including phenoxy) is 1. The number of hydrogen-bond donors (Lipinski definition) is 0. The molecule has 3 nitrogen and oxygen atoms in total. The van der Waals surface area contributed by atoms with Gasteiger partial charge in [-0.2, -0.15) is 0 Å². The molecule has 0 heterocycles. The van der Waals surface area contributed by atoms with Gasteiger partial charge in [0.2, 0.25) is 0 Å². The number of carbonyl (C=O) groups excluding carboxylic acids is 1. The molecule has 0 saturated heterocycles. The quantitative estimate of drug-likeness (QED) is 0.735. The molecule has 19 heavy (non-hydrogen) atoms. The second kappa shape index (κ2) is 7.48. The molecule has 0 spiro atoms. The molecule has 0 saturated carbocycles. The van der Waals surface area contributed by atoms with E-state index in [0.717, 1.165) is 13.0 Å². The third-order valence-corrected chi connectivity index (χ3v) is 2.81. The van der Waals surface area contributed by atoms with E-state index in [1.54, 1.807) is 29.2 Å². The van der Waals surface area contributed by atoms with Crippen molar-refractivity contribution in [2.45, 2.75) is 20.3 Å². The molecule has 0 atom stereocenters. The molecule has 0 aromatic heterocycles. The summed E-state index contributed by atoms with van der Waals surface area (Å²) in [7, 11) is 1.83. The van der Waals surface area contributed by atoms with Gasteiger partial charge in [-0.05, 0) is 36.6 Å². The summed E-state index contributed by atoms with van der Waals surface area (Å²) in [6.07, 6.45) is 6.12. The summed E-state index contributed by atoms with van der Waals surface area (Å²) in [5.74, 6) is 3.71. The highest BCUT2D eigenvalue weighted by molar-refractivity contribution is 5.94. The van der Waals surface area contributed by atoms with Gasteiger partial charge in [0.05, 0.1) is 0 Å². The molecule has 102 valence electrons. The number of rotatable bonds is 6. The van der Waals surface area contributed by atoms with Gasteiger partial charge in [-0.25, -0.2) is 0 Å². The number of amides is 1. The largest absolute Gasteiger partial charge is 0.481 e. The van der Waals surface area contributed by atoms with Crippen LogP contribution >= 0.6 is 0 Å². The van der Waals surface area contributed by atoms with Crippen LogP contribution in [0, 0.1) is 18.3 Å². The molecule has 1 rings (SSSR count). The summed E-state index contributed by atoms with van der Waals surface area (Å²) >= 11 is 0. The molecule has 0 bridgehead atoms. The molecular weight excluding hydrogens is 238 g/mol. The number of carbonyl (C=O) groups is 1. The fourth-order valence-electron chi connectivity index (χ4n) is 1.59. The first-order valence-electron chi connectivity index (χ1n) is 6.46. The maximum Gasteiger partial charge on any atom is 0.253 e. The van der Waals surface area contributed by atoms with E-state index in [1.807, 2.05) is 7.05 Å². The Morgan fingerprint density at radius 3 is 2.53 bits per heavy atom. The minimum Gasteiger partial charge on any atom is -0.481 e. The second-order valence-electron chi connectivity index (χ2n) is 4.93. The Bertz CT molecular complexity index is 443. The first kappa shape index (κ1) is 15.1. The normalized spacial score (nSPS) is 10.1. The zero-order valence-corrected chi connectivity index (χ0v) is 11.8. The van der Waals surface area contributed by atoms with E-state index in [4.69, 9.17) is 11.2 Å². The number of benzene rings is 1. The smallest absolute Gasteiger partial charge is 0.253 e. The van der Waals surface area contributed by atoms with Gasteiger partial charge in [0.25, 0.3) is 5.91 Å². The van der Waals surface area contributed by atoms with Crippen molar-refractivity contribution in [2.24, 2.45) is 5.92 Å². The highest BCUT2D eigenvalue weighted by atomic mass is 16.5. The SMILES string of the molecule is C#CCOc1ccc(C(=O)N(C)CCC(C)C)cc1. The van der Waals surface area contributed by atoms with Crippen LogP contribution in [-0.2, 0) is 0 Å². The van der Waals surface area contributed by atoms with E-state index >= 15 is 0 Å². The van der Waals surface area contributed by atoms with Crippen molar-refractivity contribution in [3.05, 3.63) is 29.8 Å². The van der Waals surface area contributed by atoms with Gasteiger partial charge in [0, 0.05) is 19.2 Å². The Hall–Kier alpha value is -1.95. The monoisotopic (exact) mass is 259 g/mol. The zero-order valence-electron chi connectivity index (χ0n) is 11.8. The summed E-state index contributed by atoms with van der Waals surface area (Å²) in [5.41, 5.74) is 0.666. The summed E-state index contributed by atoms with van der Waals surface area (Å²) in [6.45, 7) is 5.30. The maximum atomic E-state index is 12.1.